The van der Waals surface area contributed by atoms with Crippen LogP contribution in [0.1, 0.15) is 4.88 Å². The van der Waals surface area contributed by atoms with Crippen LogP contribution in [-0.4, -0.2) is 19.9 Å². The first-order valence-corrected chi connectivity index (χ1v) is 5.71. The van der Waals surface area contributed by atoms with Gasteiger partial charge in [-0.05, 0) is 11.6 Å². The molecule has 1 N–H and O–H groups in total. The zero-order valence-corrected chi connectivity index (χ0v) is 9.90. The Kier molecular flexibility index (Phi) is 3.45. The van der Waals surface area contributed by atoms with Gasteiger partial charge in [-0.15, -0.1) is 11.3 Å². The van der Waals surface area contributed by atoms with E-state index >= 15 is 0 Å². The van der Waals surface area contributed by atoms with Crippen LogP contribution in [0.2, 0.25) is 5.28 Å². The molecule has 2 rings (SSSR count). The molecule has 0 saturated carbocycles. The zero-order chi connectivity index (χ0) is 12.3. The fourth-order valence-corrected chi connectivity index (χ4v) is 1.79. The highest BCUT2D eigenvalue weighted by molar-refractivity contribution is 7.09. The summed E-state index contributed by atoms with van der Waals surface area (Å²) in [4.78, 5) is 22.3. The Labute approximate surface area is 105 Å². The van der Waals surface area contributed by atoms with Crippen LogP contribution in [0.5, 0.6) is 0 Å². The molecule has 0 spiro atoms. The minimum atomic E-state index is -0.564. The van der Waals surface area contributed by atoms with Crippen LogP contribution >= 0.6 is 22.9 Å². The second-order valence-electron chi connectivity index (χ2n) is 2.95. The van der Waals surface area contributed by atoms with Crippen molar-refractivity contribution in [1.82, 2.24) is 15.0 Å². The van der Waals surface area contributed by atoms with Crippen LogP contribution in [0.25, 0.3) is 0 Å². The zero-order valence-electron chi connectivity index (χ0n) is 8.33. The number of halogens is 1. The van der Waals surface area contributed by atoms with Gasteiger partial charge in [0.2, 0.25) is 11.1 Å². The third-order valence-electron chi connectivity index (χ3n) is 1.85. The maximum atomic E-state index is 10.7. The standard InChI is InChI=1S/C8H6ClN5O2S/c9-8-12-3-6(14(15)16)7(13-8)11-2-5-1-10-4-17-5/h1,3-4H,2H2,(H,11,12,13). The molecule has 0 fully saturated rings. The van der Waals surface area contributed by atoms with Crippen molar-refractivity contribution in [3.05, 3.63) is 38.2 Å². The molecule has 0 bridgehead atoms. The molecule has 0 saturated heterocycles. The SMILES string of the molecule is O=[N+]([O-])c1cnc(Cl)nc1NCc1cncs1. The average molecular weight is 272 g/mol. The summed E-state index contributed by atoms with van der Waals surface area (Å²) < 4.78 is 0. The summed E-state index contributed by atoms with van der Waals surface area (Å²) in [7, 11) is 0. The smallest absolute Gasteiger partial charge is 0.329 e. The summed E-state index contributed by atoms with van der Waals surface area (Å²) in [6.07, 6.45) is 2.75. The number of nitrogens with zero attached hydrogens (tertiary/aromatic N) is 4. The minimum absolute atomic E-state index is 0.0394. The largest absolute Gasteiger partial charge is 0.359 e. The summed E-state index contributed by atoms with van der Waals surface area (Å²) in [6.45, 7) is 0.402. The van der Waals surface area contributed by atoms with Gasteiger partial charge in [0.1, 0.15) is 6.20 Å². The van der Waals surface area contributed by atoms with E-state index < -0.39 is 4.92 Å². The Morgan fingerprint density at radius 3 is 3.00 bits per heavy atom. The van der Waals surface area contributed by atoms with E-state index in [-0.39, 0.29) is 16.8 Å². The van der Waals surface area contributed by atoms with Crippen LogP contribution in [-0.2, 0) is 6.54 Å². The van der Waals surface area contributed by atoms with Crippen molar-refractivity contribution < 1.29 is 4.92 Å². The minimum Gasteiger partial charge on any atom is -0.359 e. The topological polar surface area (TPSA) is 93.8 Å². The first kappa shape index (κ1) is 11.7. The third kappa shape index (κ3) is 2.86. The Bertz CT molecular complexity index is 533. The maximum Gasteiger partial charge on any atom is 0.329 e. The molecule has 88 valence electrons. The van der Waals surface area contributed by atoms with Gasteiger partial charge in [0.05, 0.1) is 17.0 Å². The molecule has 17 heavy (non-hydrogen) atoms. The van der Waals surface area contributed by atoms with Gasteiger partial charge in [0.25, 0.3) is 0 Å². The molecule has 2 aromatic heterocycles. The van der Waals surface area contributed by atoms with Gasteiger partial charge >= 0.3 is 5.69 Å². The highest BCUT2D eigenvalue weighted by Gasteiger charge is 2.16. The van der Waals surface area contributed by atoms with E-state index in [0.717, 1.165) is 11.1 Å². The molecule has 0 radical (unpaired) electrons. The fraction of sp³-hybridized carbons (Fsp3) is 0.125. The van der Waals surface area contributed by atoms with E-state index in [9.17, 15) is 10.1 Å². The number of hydrogen-bond donors (Lipinski definition) is 1. The van der Waals surface area contributed by atoms with E-state index in [4.69, 9.17) is 11.6 Å². The molecule has 0 aliphatic heterocycles. The van der Waals surface area contributed by atoms with Crippen molar-refractivity contribution in [2.24, 2.45) is 0 Å². The monoisotopic (exact) mass is 271 g/mol. The normalized spacial score (nSPS) is 10.2. The van der Waals surface area contributed by atoms with Crippen LogP contribution in [0.3, 0.4) is 0 Å². The maximum absolute atomic E-state index is 10.7. The summed E-state index contributed by atoms with van der Waals surface area (Å²) in [5.74, 6) is 0.100. The van der Waals surface area contributed by atoms with Crippen molar-refractivity contribution in [3.63, 3.8) is 0 Å². The van der Waals surface area contributed by atoms with Crippen molar-refractivity contribution >= 4 is 34.4 Å². The van der Waals surface area contributed by atoms with E-state index in [0.29, 0.717) is 6.54 Å². The van der Waals surface area contributed by atoms with Crippen LogP contribution in [0.15, 0.2) is 17.9 Å². The van der Waals surface area contributed by atoms with Crippen molar-refractivity contribution in [2.45, 2.75) is 6.54 Å². The lowest BCUT2D eigenvalue weighted by Gasteiger charge is -2.03. The summed E-state index contributed by atoms with van der Waals surface area (Å²) in [5.41, 5.74) is 1.47. The highest BCUT2D eigenvalue weighted by atomic mass is 35.5. The third-order valence-corrected chi connectivity index (χ3v) is 2.81. The fourth-order valence-electron chi connectivity index (χ4n) is 1.12. The lowest BCUT2D eigenvalue weighted by Crippen LogP contribution is -2.04. The number of rotatable bonds is 4. The molecule has 0 unspecified atom stereocenters. The Morgan fingerprint density at radius 1 is 1.53 bits per heavy atom. The van der Waals surface area contributed by atoms with Gasteiger partial charge in [-0.1, -0.05) is 0 Å². The summed E-state index contributed by atoms with van der Waals surface area (Å²) >= 11 is 7.03. The van der Waals surface area contributed by atoms with Gasteiger partial charge in [-0.25, -0.2) is 4.98 Å². The van der Waals surface area contributed by atoms with Crippen molar-refractivity contribution in [3.8, 4) is 0 Å². The van der Waals surface area contributed by atoms with Gasteiger partial charge in [0.15, 0.2) is 0 Å². The lowest BCUT2D eigenvalue weighted by atomic mass is 10.4. The number of aromatic nitrogens is 3. The molecule has 0 amide bonds. The molecule has 0 aromatic carbocycles. The number of nitro groups is 1. The van der Waals surface area contributed by atoms with Crippen LogP contribution in [0.4, 0.5) is 11.5 Å². The van der Waals surface area contributed by atoms with Gasteiger partial charge < -0.3 is 5.32 Å². The van der Waals surface area contributed by atoms with Crippen LogP contribution in [0, 0.1) is 10.1 Å². The first-order chi connectivity index (χ1) is 8.16. The van der Waals surface area contributed by atoms with Gasteiger partial charge in [-0.2, -0.15) is 4.98 Å². The second kappa shape index (κ2) is 5.02. The van der Waals surface area contributed by atoms with E-state index in [1.807, 2.05) is 0 Å². The Morgan fingerprint density at radius 2 is 2.35 bits per heavy atom. The van der Waals surface area contributed by atoms with Crippen molar-refractivity contribution in [2.75, 3.05) is 5.32 Å². The first-order valence-electron chi connectivity index (χ1n) is 4.45. The molecule has 0 atom stereocenters. The van der Waals surface area contributed by atoms with E-state index in [1.54, 1.807) is 11.7 Å². The number of hydrogen-bond acceptors (Lipinski definition) is 7. The Balaban J connectivity index is 2.19. The van der Waals surface area contributed by atoms with Gasteiger partial charge in [-0.3, -0.25) is 15.1 Å². The average Bonchev–Trinajstić information content (AvgIpc) is 2.78. The number of anilines is 1. The molecule has 0 aliphatic carbocycles. The molecular weight excluding hydrogens is 266 g/mol. The quantitative estimate of drug-likeness (QED) is 0.520. The summed E-state index contributed by atoms with van der Waals surface area (Å²) in [5, 5.41) is 13.5. The molecule has 2 aromatic rings. The lowest BCUT2D eigenvalue weighted by molar-refractivity contribution is -0.384. The summed E-state index contributed by atoms with van der Waals surface area (Å²) in [6, 6.07) is 0. The molecule has 2 heterocycles. The van der Waals surface area contributed by atoms with E-state index in [1.165, 1.54) is 11.3 Å². The second-order valence-corrected chi connectivity index (χ2v) is 4.26. The number of nitrogens with one attached hydrogen (secondary N) is 1. The van der Waals surface area contributed by atoms with Crippen LogP contribution < -0.4 is 5.32 Å². The van der Waals surface area contributed by atoms with Gasteiger partial charge in [0, 0.05) is 11.1 Å². The molecule has 9 heteroatoms. The predicted molar refractivity (Wildman–Crippen MR) is 63.1 cm³/mol. The molecule has 0 aliphatic rings. The van der Waals surface area contributed by atoms with E-state index in [2.05, 4.69) is 20.3 Å². The molecular formula is C8H6ClN5O2S. The Hall–Kier alpha value is -1.80. The highest BCUT2D eigenvalue weighted by Crippen LogP contribution is 2.22. The predicted octanol–water partition coefficient (Wildman–Crippen LogP) is 2.11. The van der Waals surface area contributed by atoms with Crippen molar-refractivity contribution in [1.29, 1.82) is 0 Å². The number of thiazole rings is 1. The molecule has 7 nitrogen and oxygen atoms in total.